The Bertz CT molecular complexity index is 2430. The van der Waals surface area contributed by atoms with Crippen LogP contribution >= 0.6 is 0 Å². The van der Waals surface area contributed by atoms with Crippen LogP contribution in [0.1, 0.15) is 11.1 Å². The van der Waals surface area contributed by atoms with Crippen LogP contribution < -0.4 is 0 Å². The van der Waals surface area contributed by atoms with Crippen LogP contribution in [0, 0.1) is 22.7 Å². The Morgan fingerprint density at radius 2 is 1.05 bits per heavy atom. The third-order valence-electron chi connectivity index (χ3n) is 7.99. The highest BCUT2D eigenvalue weighted by Crippen LogP contribution is 2.45. The van der Waals surface area contributed by atoms with Crippen molar-refractivity contribution in [3.63, 3.8) is 0 Å². The number of nitriles is 2. The smallest absolute Gasteiger partial charge is 0.136 e. The molecule has 0 N–H and O–H groups in total. The van der Waals surface area contributed by atoms with Crippen molar-refractivity contribution >= 4 is 43.9 Å². The van der Waals surface area contributed by atoms with Crippen LogP contribution in [-0.4, -0.2) is 0 Å². The summed E-state index contributed by atoms with van der Waals surface area (Å²) in [5.41, 5.74) is 8.67. The van der Waals surface area contributed by atoms with Gasteiger partial charge in [0, 0.05) is 38.2 Å². The summed E-state index contributed by atoms with van der Waals surface area (Å²) in [5.74, 6) is 0. The lowest BCUT2D eigenvalue weighted by atomic mass is 9.83. The highest BCUT2D eigenvalue weighted by molar-refractivity contribution is 6.14. The molecular formula is C38H20N2O2. The van der Waals surface area contributed by atoms with Gasteiger partial charge in [0.2, 0.25) is 0 Å². The molecule has 0 radical (unpaired) electrons. The molecule has 0 aliphatic carbocycles. The summed E-state index contributed by atoms with van der Waals surface area (Å²) in [6, 6.07) is 44.5. The normalized spacial score (nSPS) is 11.3. The van der Waals surface area contributed by atoms with Gasteiger partial charge in [0.15, 0.2) is 0 Å². The van der Waals surface area contributed by atoms with Crippen molar-refractivity contribution in [2.45, 2.75) is 0 Å². The molecule has 6 aromatic carbocycles. The Morgan fingerprint density at radius 3 is 1.83 bits per heavy atom. The third-order valence-corrected chi connectivity index (χ3v) is 7.99. The van der Waals surface area contributed by atoms with E-state index in [0.717, 1.165) is 71.7 Å². The van der Waals surface area contributed by atoms with Gasteiger partial charge in [-0.1, -0.05) is 84.9 Å². The van der Waals surface area contributed by atoms with E-state index in [1.165, 1.54) is 0 Å². The van der Waals surface area contributed by atoms with Crippen LogP contribution in [0.2, 0.25) is 0 Å². The van der Waals surface area contributed by atoms with Crippen molar-refractivity contribution in [1.82, 2.24) is 0 Å². The van der Waals surface area contributed by atoms with Crippen molar-refractivity contribution in [1.29, 1.82) is 10.5 Å². The maximum atomic E-state index is 10.8. The predicted molar refractivity (Wildman–Crippen MR) is 167 cm³/mol. The second-order valence-corrected chi connectivity index (χ2v) is 10.3. The van der Waals surface area contributed by atoms with Gasteiger partial charge in [0.1, 0.15) is 34.5 Å². The van der Waals surface area contributed by atoms with Gasteiger partial charge in [-0.05, 0) is 53.1 Å². The van der Waals surface area contributed by atoms with Crippen LogP contribution in [0.3, 0.4) is 0 Å². The predicted octanol–water partition coefficient (Wildman–Crippen LogP) is 10.2. The lowest BCUT2D eigenvalue weighted by Crippen LogP contribution is -1.98. The zero-order valence-electron chi connectivity index (χ0n) is 22.3. The number of fused-ring (bicyclic) bond motifs is 6. The first-order valence-corrected chi connectivity index (χ1v) is 13.6. The molecule has 0 aliphatic rings. The second kappa shape index (κ2) is 9.24. The van der Waals surface area contributed by atoms with E-state index in [9.17, 15) is 10.5 Å². The number of para-hydroxylation sites is 2. The SMILES string of the molecule is N#Cc1c(-c2ccccc2)cc(-c2cccc3oc4ccccc4c23)c(C#N)c1-c1ccc2oc3ccccc3c2c1. The first-order valence-electron chi connectivity index (χ1n) is 13.6. The van der Waals surface area contributed by atoms with Crippen LogP contribution in [-0.2, 0) is 0 Å². The average molecular weight is 537 g/mol. The number of rotatable bonds is 3. The molecule has 0 amide bonds. The Kier molecular flexibility index (Phi) is 5.22. The van der Waals surface area contributed by atoms with Gasteiger partial charge in [0.25, 0.3) is 0 Å². The van der Waals surface area contributed by atoms with Crippen molar-refractivity contribution in [3.8, 4) is 45.5 Å². The van der Waals surface area contributed by atoms with Gasteiger partial charge < -0.3 is 8.83 Å². The van der Waals surface area contributed by atoms with Gasteiger partial charge in [-0.15, -0.1) is 0 Å². The Morgan fingerprint density at radius 1 is 0.429 bits per heavy atom. The molecule has 0 unspecified atom stereocenters. The van der Waals surface area contributed by atoms with Gasteiger partial charge in [0.05, 0.1) is 11.1 Å². The minimum absolute atomic E-state index is 0.441. The molecule has 194 valence electrons. The van der Waals surface area contributed by atoms with E-state index >= 15 is 0 Å². The highest BCUT2D eigenvalue weighted by atomic mass is 16.3. The molecule has 0 aliphatic heterocycles. The van der Waals surface area contributed by atoms with E-state index in [1.54, 1.807) is 0 Å². The Labute approximate surface area is 240 Å². The third kappa shape index (κ3) is 3.47. The molecule has 8 aromatic rings. The van der Waals surface area contributed by atoms with E-state index in [0.29, 0.717) is 16.7 Å². The number of hydrogen-bond donors (Lipinski definition) is 0. The molecule has 0 saturated carbocycles. The fraction of sp³-hybridized carbons (Fsp3) is 0. The molecular weight excluding hydrogens is 516 g/mol. The molecule has 8 rings (SSSR count). The monoisotopic (exact) mass is 536 g/mol. The summed E-state index contributed by atoms with van der Waals surface area (Å²) in [4.78, 5) is 0. The highest BCUT2D eigenvalue weighted by Gasteiger charge is 2.24. The van der Waals surface area contributed by atoms with Crippen LogP contribution in [0.5, 0.6) is 0 Å². The summed E-state index contributed by atoms with van der Waals surface area (Å²) in [5, 5.41) is 25.3. The number of furan rings is 2. The quantitative estimate of drug-likeness (QED) is 0.225. The van der Waals surface area contributed by atoms with Crippen molar-refractivity contribution in [2.24, 2.45) is 0 Å². The second-order valence-electron chi connectivity index (χ2n) is 10.3. The van der Waals surface area contributed by atoms with E-state index < -0.39 is 0 Å². The molecule has 4 heteroatoms. The average Bonchev–Trinajstić information content (AvgIpc) is 3.62. The van der Waals surface area contributed by atoms with E-state index in [2.05, 4.69) is 12.1 Å². The number of nitrogens with zero attached hydrogens (tertiary/aromatic N) is 2. The fourth-order valence-electron chi connectivity index (χ4n) is 6.14. The molecule has 0 atom stereocenters. The van der Waals surface area contributed by atoms with E-state index in [1.807, 2.05) is 121 Å². The molecule has 0 spiro atoms. The lowest BCUT2D eigenvalue weighted by Gasteiger charge is -2.17. The molecule has 0 fully saturated rings. The molecule has 0 saturated heterocycles. The zero-order valence-corrected chi connectivity index (χ0v) is 22.3. The molecule has 42 heavy (non-hydrogen) atoms. The lowest BCUT2D eigenvalue weighted by molar-refractivity contribution is 0.668. The van der Waals surface area contributed by atoms with Gasteiger partial charge in [-0.3, -0.25) is 0 Å². The first kappa shape index (κ1) is 23.8. The summed E-state index contributed by atoms with van der Waals surface area (Å²) >= 11 is 0. The molecule has 2 aromatic heterocycles. The number of hydrogen-bond acceptors (Lipinski definition) is 4. The minimum atomic E-state index is 0.441. The zero-order chi connectivity index (χ0) is 28.2. The molecule has 0 bridgehead atoms. The van der Waals surface area contributed by atoms with E-state index in [-0.39, 0.29) is 0 Å². The van der Waals surface area contributed by atoms with Crippen LogP contribution in [0.4, 0.5) is 0 Å². The summed E-state index contributed by atoms with van der Waals surface area (Å²) in [7, 11) is 0. The van der Waals surface area contributed by atoms with Gasteiger partial charge in [-0.25, -0.2) is 0 Å². The topological polar surface area (TPSA) is 73.9 Å². The van der Waals surface area contributed by atoms with Crippen LogP contribution in [0.25, 0.3) is 77.3 Å². The summed E-state index contributed by atoms with van der Waals surface area (Å²) < 4.78 is 12.3. The standard InChI is InChI=1S/C38H20N2O2/c39-21-31-28(23-9-2-1-3-10-23)20-29(26-13-8-16-36-38(26)27-12-5-7-15-34(27)42-36)32(22-40)37(31)24-17-18-35-30(19-24)25-11-4-6-14-33(25)41-35/h1-20H. The van der Waals surface area contributed by atoms with Crippen molar-refractivity contribution < 1.29 is 8.83 Å². The maximum Gasteiger partial charge on any atom is 0.136 e. The van der Waals surface area contributed by atoms with Gasteiger partial charge in [-0.2, -0.15) is 10.5 Å². The van der Waals surface area contributed by atoms with Crippen LogP contribution in [0.15, 0.2) is 130 Å². The molecule has 2 heterocycles. The summed E-state index contributed by atoms with van der Waals surface area (Å²) in [6.45, 7) is 0. The molecule has 4 nitrogen and oxygen atoms in total. The number of benzene rings is 6. The Balaban J connectivity index is 1.52. The minimum Gasteiger partial charge on any atom is -0.456 e. The largest absolute Gasteiger partial charge is 0.456 e. The van der Waals surface area contributed by atoms with Gasteiger partial charge >= 0.3 is 0 Å². The first-order chi connectivity index (χ1) is 20.7. The van der Waals surface area contributed by atoms with Crippen molar-refractivity contribution in [2.75, 3.05) is 0 Å². The summed E-state index contributed by atoms with van der Waals surface area (Å²) in [6.07, 6.45) is 0. The Hall–Kier alpha value is -6.10. The van der Waals surface area contributed by atoms with E-state index in [4.69, 9.17) is 8.83 Å². The fourth-order valence-corrected chi connectivity index (χ4v) is 6.14. The van der Waals surface area contributed by atoms with Crippen molar-refractivity contribution in [3.05, 3.63) is 132 Å². The maximum absolute atomic E-state index is 10.8.